The van der Waals surface area contributed by atoms with Gasteiger partial charge in [-0.15, -0.1) is 22.7 Å². The maximum Gasteiger partial charge on any atom is 0.196 e. The van der Waals surface area contributed by atoms with Crippen molar-refractivity contribution in [2.75, 3.05) is 6.54 Å². The fourth-order valence-electron chi connectivity index (χ4n) is 1.44. The highest BCUT2D eigenvalue weighted by Gasteiger charge is 2.29. The highest BCUT2D eigenvalue weighted by molar-refractivity contribution is 7.93. The van der Waals surface area contributed by atoms with Gasteiger partial charge in [0.05, 0.1) is 0 Å². The van der Waals surface area contributed by atoms with Crippen molar-refractivity contribution in [2.24, 2.45) is 5.73 Å². The number of nitrogens with two attached hydrogens (primary N) is 1. The standard InChI is InChI=1S/C10H11NO2S3/c11-7-9(8-3-1-5-14-8)16(12,13)10-4-2-6-15-10/h1-6,9H,7,11H2/t9-/m1/s1. The lowest BCUT2D eigenvalue weighted by atomic mass is 10.3. The van der Waals surface area contributed by atoms with E-state index < -0.39 is 15.1 Å². The van der Waals surface area contributed by atoms with Crippen LogP contribution in [0.4, 0.5) is 0 Å². The second-order valence-corrected chi connectivity index (χ2v) is 7.50. The molecule has 2 aromatic heterocycles. The minimum Gasteiger partial charge on any atom is -0.329 e. The second-order valence-electron chi connectivity index (χ2n) is 3.22. The van der Waals surface area contributed by atoms with Gasteiger partial charge in [-0.05, 0) is 22.9 Å². The van der Waals surface area contributed by atoms with Crippen LogP contribution in [-0.2, 0) is 9.84 Å². The summed E-state index contributed by atoms with van der Waals surface area (Å²) >= 11 is 2.66. The minimum absolute atomic E-state index is 0.112. The summed E-state index contributed by atoms with van der Waals surface area (Å²) in [4.78, 5) is 0.802. The second kappa shape index (κ2) is 4.67. The average molecular weight is 273 g/mol. The number of sulfone groups is 1. The Kier molecular flexibility index (Phi) is 3.44. The summed E-state index contributed by atoms with van der Waals surface area (Å²) in [6.07, 6.45) is 0. The smallest absolute Gasteiger partial charge is 0.196 e. The molecule has 0 saturated heterocycles. The van der Waals surface area contributed by atoms with E-state index in [0.29, 0.717) is 4.21 Å². The Bertz CT molecular complexity index is 529. The lowest BCUT2D eigenvalue weighted by molar-refractivity contribution is 0.585. The van der Waals surface area contributed by atoms with Crippen molar-refractivity contribution in [3.05, 3.63) is 39.9 Å². The number of rotatable bonds is 4. The SMILES string of the molecule is NC[C@H](c1cccs1)S(=O)(=O)c1cccs1. The Labute approximate surface area is 102 Å². The van der Waals surface area contributed by atoms with Crippen LogP contribution in [0.15, 0.2) is 39.2 Å². The molecule has 2 heterocycles. The lowest BCUT2D eigenvalue weighted by Gasteiger charge is -2.12. The summed E-state index contributed by atoms with van der Waals surface area (Å²) in [6.45, 7) is 0.112. The molecule has 3 nitrogen and oxygen atoms in total. The summed E-state index contributed by atoms with van der Waals surface area (Å²) in [7, 11) is -3.33. The topological polar surface area (TPSA) is 60.2 Å². The van der Waals surface area contributed by atoms with Gasteiger partial charge in [0, 0.05) is 11.4 Å². The highest BCUT2D eigenvalue weighted by Crippen LogP contribution is 2.32. The zero-order valence-electron chi connectivity index (χ0n) is 8.37. The third-order valence-electron chi connectivity index (χ3n) is 2.22. The van der Waals surface area contributed by atoms with E-state index in [1.54, 1.807) is 17.5 Å². The van der Waals surface area contributed by atoms with Crippen LogP contribution < -0.4 is 5.73 Å². The molecule has 0 aliphatic carbocycles. The molecule has 0 amide bonds. The van der Waals surface area contributed by atoms with E-state index in [0.717, 1.165) is 4.88 Å². The van der Waals surface area contributed by atoms with Gasteiger partial charge in [0.2, 0.25) is 0 Å². The van der Waals surface area contributed by atoms with Crippen molar-refractivity contribution in [1.29, 1.82) is 0 Å². The fourth-order valence-corrected chi connectivity index (χ4v) is 5.39. The molecule has 0 unspecified atom stereocenters. The monoisotopic (exact) mass is 273 g/mol. The van der Waals surface area contributed by atoms with Crippen LogP contribution in [0.2, 0.25) is 0 Å². The van der Waals surface area contributed by atoms with Gasteiger partial charge >= 0.3 is 0 Å². The van der Waals surface area contributed by atoms with E-state index in [2.05, 4.69) is 0 Å². The van der Waals surface area contributed by atoms with Crippen molar-refractivity contribution >= 4 is 32.5 Å². The van der Waals surface area contributed by atoms with Crippen molar-refractivity contribution in [3.63, 3.8) is 0 Å². The third-order valence-corrected chi connectivity index (χ3v) is 6.90. The molecule has 16 heavy (non-hydrogen) atoms. The molecule has 2 N–H and O–H groups in total. The van der Waals surface area contributed by atoms with Crippen molar-refractivity contribution in [1.82, 2.24) is 0 Å². The Hall–Kier alpha value is -0.690. The van der Waals surface area contributed by atoms with Crippen LogP contribution >= 0.6 is 22.7 Å². The average Bonchev–Trinajstić information content (AvgIpc) is 2.91. The fraction of sp³-hybridized carbons (Fsp3) is 0.200. The summed E-state index contributed by atoms with van der Waals surface area (Å²) < 4.78 is 24.9. The van der Waals surface area contributed by atoms with Gasteiger partial charge in [-0.2, -0.15) is 0 Å². The van der Waals surface area contributed by atoms with Crippen molar-refractivity contribution in [3.8, 4) is 0 Å². The Balaban J connectivity index is 2.43. The first-order chi connectivity index (χ1) is 7.66. The minimum atomic E-state index is -3.33. The molecule has 0 spiro atoms. The maximum absolute atomic E-state index is 12.3. The molecule has 86 valence electrons. The first kappa shape index (κ1) is 11.8. The molecular formula is C10H11NO2S3. The van der Waals surface area contributed by atoms with Gasteiger partial charge in [0.15, 0.2) is 9.84 Å². The predicted octanol–water partition coefficient (Wildman–Crippen LogP) is 2.28. The van der Waals surface area contributed by atoms with Gasteiger partial charge in [-0.1, -0.05) is 12.1 Å². The molecule has 2 rings (SSSR count). The van der Waals surface area contributed by atoms with Gasteiger partial charge in [0.25, 0.3) is 0 Å². The first-order valence-corrected chi connectivity index (χ1v) is 7.97. The first-order valence-electron chi connectivity index (χ1n) is 4.67. The van der Waals surface area contributed by atoms with Gasteiger partial charge in [-0.25, -0.2) is 8.42 Å². The van der Waals surface area contributed by atoms with E-state index in [9.17, 15) is 8.42 Å². The van der Waals surface area contributed by atoms with E-state index in [1.807, 2.05) is 17.5 Å². The summed E-state index contributed by atoms with van der Waals surface area (Å²) in [5.41, 5.74) is 5.59. The van der Waals surface area contributed by atoms with E-state index in [-0.39, 0.29) is 6.54 Å². The normalized spacial score (nSPS) is 13.8. The zero-order chi connectivity index (χ0) is 11.6. The Morgan fingerprint density at radius 3 is 2.38 bits per heavy atom. The number of hydrogen-bond donors (Lipinski definition) is 1. The van der Waals surface area contributed by atoms with Crippen LogP contribution in [0.5, 0.6) is 0 Å². The number of hydrogen-bond acceptors (Lipinski definition) is 5. The highest BCUT2D eigenvalue weighted by atomic mass is 32.2. The van der Waals surface area contributed by atoms with E-state index in [4.69, 9.17) is 5.73 Å². The molecule has 0 fully saturated rings. The maximum atomic E-state index is 12.3. The molecule has 0 aliphatic rings. The molecule has 0 saturated carbocycles. The quantitative estimate of drug-likeness (QED) is 0.929. The largest absolute Gasteiger partial charge is 0.329 e. The van der Waals surface area contributed by atoms with E-state index >= 15 is 0 Å². The molecule has 1 atom stereocenters. The molecule has 2 aromatic rings. The summed E-state index contributed by atoms with van der Waals surface area (Å²) in [6, 6.07) is 7.01. The molecule has 0 aliphatic heterocycles. The van der Waals surface area contributed by atoms with Crippen LogP contribution in [0.25, 0.3) is 0 Å². The third kappa shape index (κ3) is 2.06. The summed E-state index contributed by atoms with van der Waals surface area (Å²) in [5, 5.41) is 3.00. The van der Waals surface area contributed by atoms with Crippen molar-refractivity contribution in [2.45, 2.75) is 9.46 Å². The zero-order valence-corrected chi connectivity index (χ0v) is 10.8. The lowest BCUT2D eigenvalue weighted by Crippen LogP contribution is -2.20. The molecule has 6 heteroatoms. The van der Waals surface area contributed by atoms with Crippen molar-refractivity contribution < 1.29 is 8.42 Å². The number of thiophene rings is 2. The Morgan fingerprint density at radius 1 is 1.19 bits per heavy atom. The molecule has 0 aromatic carbocycles. The van der Waals surface area contributed by atoms with E-state index in [1.165, 1.54) is 22.7 Å². The van der Waals surface area contributed by atoms with Crippen LogP contribution in [0.1, 0.15) is 10.1 Å². The summed E-state index contributed by atoms with van der Waals surface area (Å²) in [5.74, 6) is 0. The Morgan fingerprint density at radius 2 is 1.88 bits per heavy atom. The predicted molar refractivity (Wildman–Crippen MR) is 67.6 cm³/mol. The van der Waals surface area contributed by atoms with Gasteiger partial charge < -0.3 is 5.73 Å². The molecular weight excluding hydrogens is 262 g/mol. The molecule has 0 bridgehead atoms. The van der Waals surface area contributed by atoms with Crippen LogP contribution in [0.3, 0.4) is 0 Å². The molecule has 0 radical (unpaired) electrons. The van der Waals surface area contributed by atoms with Gasteiger partial charge in [0.1, 0.15) is 9.46 Å². The van der Waals surface area contributed by atoms with Crippen LogP contribution in [-0.4, -0.2) is 15.0 Å². The van der Waals surface area contributed by atoms with Crippen LogP contribution in [0, 0.1) is 0 Å². The van der Waals surface area contributed by atoms with Gasteiger partial charge in [-0.3, -0.25) is 0 Å².